The molecule has 2 aromatic rings. The molecule has 26 heavy (non-hydrogen) atoms. The molecule has 0 aliphatic rings. The van der Waals surface area contributed by atoms with Crippen LogP contribution in [-0.4, -0.2) is 31.6 Å². The molecule has 138 valence electrons. The van der Waals surface area contributed by atoms with E-state index in [1.165, 1.54) is 0 Å². The predicted molar refractivity (Wildman–Crippen MR) is 100 cm³/mol. The molecule has 0 bridgehead atoms. The number of carbonyl (C=O) groups is 2. The Balaban J connectivity index is 1.80. The maximum Gasteiger partial charge on any atom is 0.344 e. The lowest BCUT2D eigenvalue weighted by Crippen LogP contribution is -2.26. The SMILES string of the molecule is CCOC(=O)COc1ccc(CCNC(=O)c2cc(N)ccc2C)cc1. The molecular formula is C20H24N2O4. The maximum absolute atomic E-state index is 12.2. The van der Waals surface area contributed by atoms with Crippen LogP contribution in [0.2, 0.25) is 0 Å². The Morgan fingerprint density at radius 2 is 1.85 bits per heavy atom. The Kier molecular flexibility index (Phi) is 7.02. The lowest BCUT2D eigenvalue weighted by Gasteiger charge is -2.09. The zero-order chi connectivity index (χ0) is 18.9. The molecule has 0 radical (unpaired) electrons. The lowest BCUT2D eigenvalue weighted by atomic mass is 10.1. The monoisotopic (exact) mass is 356 g/mol. The van der Waals surface area contributed by atoms with Crippen molar-refractivity contribution < 1.29 is 19.1 Å². The summed E-state index contributed by atoms with van der Waals surface area (Å²) >= 11 is 0. The minimum absolute atomic E-state index is 0.108. The summed E-state index contributed by atoms with van der Waals surface area (Å²) in [6.45, 7) is 4.36. The van der Waals surface area contributed by atoms with Crippen LogP contribution in [0, 0.1) is 6.92 Å². The summed E-state index contributed by atoms with van der Waals surface area (Å²) < 4.78 is 10.1. The van der Waals surface area contributed by atoms with Gasteiger partial charge in [-0.15, -0.1) is 0 Å². The van der Waals surface area contributed by atoms with Crippen molar-refractivity contribution in [2.45, 2.75) is 20.3 Å². The first-order chi connectivity index (χ1) is 12.5. The van der Waals surface area contributed by atoms with Crippen LogP contribution in [0.15, 0.2) is 42.5 Å². The number of rotatable bonds is 8. The molecular weight excluding hydrogens is 332 g/mol. The number of benzene rings is 2. The summed E-state index contributed by atoms with van der Waals surface area (Å²) in [5.41, 5.74) is 8.84. The first kappa shape index (κ1) is 19.3. The molecule has 0 aliphatic carbocycles. The Labute approximate surface area is 153 Å². The molecule has 0 fully saturated rings. The third-order valence-corrected chi connectivity index (χ3v) is 3.79. The zero-order valence-electron chi connectivity index (χ0n) is 15.1. The topological polar surface area (TPSA) is 90.6 Å². The largest absolute Gasteiger partial charge is 0.482 e. The van der Waals surface area contributed by atoms with Crippen LogP contribution >= 0.6 is 0 Å². The van der Waals surface area contributed by atoms with Gasteiger partial charge in [-0.05, 0) is 55.7 Å². The molecule has 0 unspecified atom stereocenters. The molecule has 0 atom stereocenters. The number of nitrogen functional groups attached to an aromatic ring is 1. The Morgan fingerprint density at radius 3 is 2.54 bits per heavy atom. The van der Waals surface area contributed by atoms with E-state index in [0.717, 1.165) is 11.1 Å². The first-order valence-corrected chi connectivity index (χ1v) is 8.51. The predicted octanol–water partition coefficient (Wildman–Crippen LogP) is 2.49. The number of esters is 1. The Hall–Kier alpha value is -3.02. The minimum Gasteiger partial charge on any atom is -0.482 e. The second kappa shape index (κ2) is 9.46. The summed E-state index contributed by atoms with van der Waals surface area (Å²) in [6.07, 6.45) is 0.686. The highest BCUT2D eigenvalue weighted by Gasteiger charge is 2.09. The van der Waals surface area contributed by atoms with Gasteiger partial charge in [0.1, 0.15) is 5.75 Å². The van der Waals surface area contributed by atoms with Gasteiger partial charge in [-0.2, -0.15) is 0 Å². The van der Waals surface area contributed by atoms with E-state index >= 15 is 0 Å². The maximum atomic E-state index is 12.2. The van der Waals surface area contributed by atoms with E-state index < -0.39 is 5.97 Å². The number of aryl methyl sites for hydroxylation is 1. The van der Waals surface area contributed by atoms with E-state index in [0.29, 0.717) is 36.6 Å². The fraction of sp³-hybridized carbons (Fsp3) is 0.300. The highest BCUT2D eigenvalue weighted by molar-refractivity contribution is 5.96. The molecule has 6 heteroatoms. The molecule has 0 saturated heterocycles. The molecule has 0 saturated carbocycles. The van der Waals surface area contributed by atoms with E-state index in [-0.39, 0.29) is 12.5 Å². The number of carbonyl (C=O) groups excluding carboxylic acids is 2. The van der Waals surface area contributed by atoms with Gasteiger partial charge in [-0.1, -0.05) is 18.2 Å². The summed E-state index contributed by atoms with van der Waals surface area (Å²) in [7, 11) is 0. The average Bonchev–Trinajstić information content (AvgIpc) is 2.63. The first-order valence-electron chi connectivity index (χ1n) is 8.51. The summed E-state index contributed by atoms with van der Waals surface area (Å²) in [6, 6.07) is 12.7. The number of anilines is 1. The van der Waals surface area contributed by atoms with Crippen LogP contribution in [0.5, 0.6) is 5.75 Å². The van der Waals surface area contributed by atoms with Gasteiger partial charge in [-0.25, -0.2) is 4.79 Å². The van der Waals surface area contributed by atoms with Crippen molar-refractivity contribution in [3.8, 4) is 5.75 Å². The van der Waals surface area contributed by atoms with Gasteiger partial charge in [-0.3, -0.25) is 4.79 Å². The number of ether oxygens (including phenoxy) is 2. The van der Waals surface area contributed by atoms with E-state index in [1.807, 2.05) is 25.1 Å². The minimum atomic E-state index is -0.392. The lowest BCUT2D eigenvalue weighted by molar-refractivity contribution is -0.145. The van der Waals surface area contributed by atoms with E-state index in [9.17, 15) is 9.59 Å². The number of hydrogen-bond acceptors (Lipinski definition) is 5. The molecule has 3 N–H and O–H groups in total. The average molecular weight is 356 g/mol. The summed E-state index contributed by atoms with van der Waals surface area (Å²) in [4.78, 5) is 23.5. The number of hydrogen-bond donors (Lipinski definition) is 2. The van der Waals surface area contributed by atoms with Crippen molar-refractivity contribution in [2.24, 2.45) is 0 Å². The van der Waals surface area contributed by atoms with Crippen LogP contribution in [-0.2, 0) is 16.0 Å². The van der Waals surface area contributed by atoms with E-state index in [4.69, 9.17) is 15.2 Å². The molecule has 0 spiro atoms. The Bertz CT molecular complexity index is 757. The van der Waals surface area contributed by atoms with Crippen LogP contribution in [0.25, 0.3) is 0 Å². The van der Waals surface area contributed by atoms with Crippen molar-refractivity contribution in [1.82, 2.24) is 5.32 Å². The van der Waals surface area contributed by atoms with Gasteiger partial charge in [0, 0.05) is 17.8 Å². The zero-order valence-corrected chi connectivity index (χ0v) is 15.1. The summed E-state index contributed by atoms with van der Waals surface area (Å²) in [5.74, 6) is 0.0709. The van der Waals surface area contributed by atoms with Crippen molar-refractivity contribution in [3.05, 3.63) is 59.2 Å². The molecule has 1 amide bonds. The van der Waals surface area contributed by atoms with Gasteiger partial charge in [0.15, 0.2) is 6.61 Å². The fourth-order valence-corrected chi connectivity index (χ4v) is 2.40. The number of nitrogens with one attached hydrogen (secondary N) is 1. The van der Waals surface area contributed by atoms with Crippen molar-refractivity contribution >= 4 is 17.6 Å². The standard InChI is InChI=1S/C20H24N2O4/c1-3-25-19(23)13-26-17-8-5-15(6-9-17)10-11-22-20(24)18-12-16(21)7-4-14(18)2/h4-9,12H,3,10-11,13,21H2,1-2H3,(H,22,24). The van der Waals surface area contributed by atoms with Crippen molar-refractivity contribution in [1.29, 1.82) is 0 Å². The van der Waals surface area contributed by atoms with E-state index in [2.05, 4.69) is 5.32 Å². The molecule has 0 aliphatic heterocycles. The second-order valence-electron chi connectivity index (χ2n) is 5.82. The van der Waals surface area contributed by atoms with Crippen molar-refractivity contribution in [3.63, 3.8) is 0 Å². The third-order valence-electron chi connectivity index (χ3n) is 3.79. The van der Waals surface area contributed by atoms with E-state index in [1.54, 1.807) is 31.2 Å². The highest BCUT2D eigenvalue weighted by Crippen LogP contribution is 2.14. The third kappa shape index (κ3) is 5.81. The van der Waals surface area contributed by atoms with Gasteiger partial charge < -0.3 is 20.5 Å². The summed E-state index contributed by atoms with van der Waals surface area (Å²) in [5, 5.41) is 2.90. The van der Waals surface area contributed by atoms with Gasteiger partial charge in [0.2, 0.25) is 0 Å². The molecule has 2 aromatic carbocycles. The quantitative estimate of drug-likeness (QED) is 0.560. The van der Waals surface area contributed by atoms with Crippen LogP contribution < -0.4 is 15.8 Å². The smallest absolute Gasteiger partial charge is 0.344 e. The highest BCUT2D eigenvalue weighted by atomic mass is 16.6. The van der Waals surface area contributed by atoms with Crippen LogP contribution in [0.3, 0.4) is 0 Å². The Morgan fingerprint density at radius 1 is 1.12 bits per heavy atom. The van der Waals surface area contributed by atoms with Crippen LogP contribution in [0.4, 0.5) is 5.69 Å². The van der Waals surface area contributed by atoms with Crippen molar-refractivity contribution in [2.75, 3.05) is 25.5 Å². The number of amides is 1. The molecule has 0 heterocycles. The molecule has 6 nitrogen and oxygen atoms in total. The van der Waals surface area contributed by atoms with Gasteiger partial charge in [0.25, 0.3) is 5.91 Å². The van der Waals surface area contributed by atoms with Gasteiger partial charge in [0.05, 0.1) is 6.61 Å². The second-order valence-corrected chi connectivity index (χ2v) is 5.82. The fourth-order valence-electron chi connectivity index (χ4n) is 2.40. The van der Waals surface area contributed by atoms with Crippen LogP contribution in [0.1, 0.15) is 28.4 Å². The normalized spacial score (nSPS) is 10.2. The van der Waals surface area contributed by atoms with Gasteiger partial charge >= 0.3 is 5.97 Å². The molecule has 0 aromatic heterocycles. The molecule has 2 rings (SSSR count). The number of nitrogens with two attached hydrogens (primary N) is 1.